The molecule has 0 radical (unpaired) electrons. The zero-order valence-electron chi connectivity index (χ0n) is 19.4. The summed E-state index contributed by atoms with van der Waals surface area (Å²) in [5, 5.41) is 11.3. The molecule has 0 spiro atoms. The molecular weight excluding hydrogens is 429 g/mol. The van der Waals surface area contributed by atoms with Crippen molar-refractivity contribution in [3.63, 3.8) is 0 Å². The van der Waals surface area contributed by atoms with Crippen molar-refractivity contribution in [3.05, 3.63) is 63.7 Å². The highest BCUT2D eigenvalue weighted by Gasteiger charge is 2.46. The lowest BCUT2D eigenvalue weighted by atomic mass is 9.94. The van der Waals surface area contributed by atoms with Crippen molar-refractivity contribution in [3.8, 4) is 0 Å². The SMILES string of the molecule is CCOC(=O)c1[nH]c(C)c(/C(O)=C2\C(=O)C(=O)N(CCN(C)C)[C@H]2c2cccc(F)c2)c1C. The number of hydrogen-bond acceptors (Lipinski definition) is 6. The minimum absolute atomic E-state index is 0.148. The molecule has 1 fully saturated rings. The van der Waals surface area contributed by atoms with E-state index in [2.05, 4.69) is 4.98 Å². The van der Waals surface area contributed by atoms with Crippen molar-refractivity contribution >= 4 is 23.4 Å². The van der Waals surface area contributed by atoms with E-state index in [-0.39, 0.29) is 30.0 Å². The van der Waals surface area contributed by atoms with Gasteiger partial charge in [0.05, 0.1) is 18.2 Å². The number of ether oxygens (including phenoxy) is 1. The van der Waals surface area contributed by atoms with Crippen LogP contribution in [0.4, 0.5) is 4.39 Å². The van der Waals surface area contributed by atoms with Crippen LogP contribution in [-0.4, -0.2) is 71.3 Å². The Morgan fingerprint density at radius 1 is 1.27 bits per heavy atom. The number of benzene rings is 1. The van der Waals surface area contributed by atoms with Crippen LogP contribution in [-0.2, 0) is 14.3 Å². The molecule has 33 heavy (non-hydrogen) atoms. The molecule has 1 atom stereocenters. The zero-order valence-corrected chi connectivity index (χ0v) is 19.4. The Bertz CT molecular complexity index is 1140. The topological polar surface area (TPSA) is 103 Å². The molecule has 2 aromatic rings. The van der Waals surface area contributed by atoms with Gasteiger partial charge in [-0.3, -0.25) is 9.59 Å². The van der Waals surface area contributed by atoms with Crippen LogP contribution in [0.25, 0.3) is 5.76 Å². The number of esters is 1. The number of aryl methyl sites for hydroxylation is 1. The van der Waals surface area contributed by atoms with Gasteiger partial charge in [0.15, 0.2) is 0 Å². The molecule has 3 rings (SSSR count). The van der Waals surface area contributed by atoms with Gasteiger partial charge in [0.25, 0.3) is 11.7 Å². The standard InChI is InChI=1S/C24H28FN3O5/c1-6-33-24(32)19-13(2)17(14(3)26-19)21(29)18-20(15-8-7-9-16(25)12-15)28(11-10-27(4)5)23(31)22(18)30/h7-9,12,20,26,29H,6,10-11H2,1-5H3/b21-18+/t20-/m0/s1. The Balaban J connectivity index is 2.20. The fourth-order valence-electron chi connectivity index (χ4n) is 4.09. The molecule has 2 N–H and O–H groups in total. The van der Waals surface area contributed by atoms with E-state index in [4.69, 9.17) is 4.74 Å². The predicted octanol–water partition coefficient (Wildman–Crippen LogP) is 2.93. The van der Waals surface area contributed by atoms with Gasteiger partial charge in [-0.05, 0) is 58.1 Å². The summed E-state index contributed by atoms with van der Waals surface area (Å²) in [6.45, 7) is 5.78. The van der Waals surface area contributed by atoms with E-state index in [0.717, 1.165) is 0 Å². The lowest BCUT2D eigenvalue weighted by Gasteiger charge is -2.26. The number of nitrogens with zero attached hydrogens (tertiary/aromatic N) is 2. The molecule has 0 bridgehead atoms. The van der Waals surface area contributed by atoms with E-state index in [1.165, 1.54) is 23.1 Å². The summed E-state index contributed by atoms with van der Waals surface area (Å²) in [4.78, 5) is 44.4. The number of aromatic amines is 1. The summed E-state index contributed by atoms with van der Waals surface area (Å²) in [5.74, 6) is -3.17. The van der Waals surface area contributed by atoms with E-state index in [0.29, 0.717) is 23.4 Å². The van der Waals surface area contributed by atoms with E-state index in [1.807, 2.05) is 19.0 Å². The number of Topliss-reactive ketones (excluding diaryl/α,β-unsaturated/α-hetero) is 1. The van der Waals surface area contributed by atoms with Gasteiger partial charge in [-0.2, -0.15) is 0 Å². The number of amides is 1. The molecule has 0 saturated carbocycles. The molecule has 1 saturated heterocycles. The quantitative estimate of drug-likeness (QED) is 0.287. The van der Waals surface area contributed by atoms with Crippen molar-refractivity contribution in [1.82, 2.24) is 14.8 Å². The van der Waals surface area contributed by atoms with Crippen molar-refractivity contribution < 1.29 is 28.6 Å². The van der Waals surface area contributed by atoms with E-state index in [1.54, 1.807) is 26.8 Å². The Kier molecular flexibility index (Phi) is 7.02. The fraction of sp³-hybridized carbons (Fsp3) is 0.375. The highest BCUT2D eigenvalue weighted by Crippen LogP contribution is 2.40. The molecule has 1 amide bonds. The molecule has 8 nitrogen and oxygen atoms in total. The highest BCUT2D eigenvalue weighted by atomic mass is 19.1. The summed E-state index contributed by atoms with van der Waals surface area (Å²) in [7, 11) is 3.66. The third-order valence-electron chi connectivity index (χ3n) is 5.65. The van der Waals surface area contributed by atoms with Crippen LogP contribution < -0.4 is 0 Å². The molecule has 0 unspecified atom stereocenters. The third-order valence-corrected chi connectivity index (χ3v) is 5.65. The van der Waals surface area contributed by atoms with Crippen LogP contribution in [0.1, 0.15) is 45.8 Å². The van der Waals surface area contributed by atoms with Gasteiger partial charge < -0.3 is 24.6 Å². The monoisotopic (exact) mass is 457 g/mol. The minimum Gasteiger partial charge on any atom is -0.507 e. The first-order chi connectivity index (χ1) is 15.6. The Hall–Kier alpha value is -3.46. The summed E-state index contributed by atoms with van der Waals surface area (Å²) in [6.07, 6.45) is 0. The number of hydrogen-bond donors (Lipinski definition) is 2. The Morgan fingerprint density at radius 2 is 1.97 bits per heavy atom. The first-order valence-corrected chi connectivity index (χ1v) is 10.6. The number of nitrogens with one attached hydrogen (secondary N) is 1. The van der Waals surface area contributed by atoms with Crippen molar-refractivity contribution in [2.24, 2.45) is 0 Å². The summed E-state index contributed by atoms with van der Waals surface area (Å²) >= 11 is 0. The van der Waals surface area contributed by atoms with Crippen LogP contribution in [0.15, 0.2) is 29.8 Å². The zero-order chi connectivity index (χ0) is 24.4. The van der Waals surface area contributed by atoms with Crippen LogP contribution >= 0.6 is 0 Å². The molecule has 1 aliphatic heterocycles. The second-order valence-electron chi connectivity index (χ2n) is 8.20. The maximum Gasteiger partial charge on any atom is 0.355 e. The van der Waals surface area contributed by atoms with Gasteiger partial charge in [-0.1, -0.05) is 12.1 Å². The molecule has 2 heterocycles. The largest absolute Gasteiger partial charge is 0.507 e. The van der Waals surface area contributed by atoms with Crippen LogP contribution in [0.5, 0.6) is 0 Å². The van der Waals surface area contributed by atoms with Crippen molar-refractivity contribution in [1.29, 1.82) is 0 Å². The van der Waals surface area contributed by atoms with Gasteiger partial charge in [0.1, 0.15) is 17.3 Å². The van der Waals surface area contributed by atoms with Crippen LogP contribution in [0.3, 0.4) is 0 Å². The molecule has 1 aromatic carbocycles. The first kappa shape index (κ1) is 24.2. The summed E-state index contributed by atoms with van der Waals surface area (Å²) in [6, 6.07) is 4.63. The van der Waals surface area contributed by atoms with Gasteiger partial charge >= 0.3 is 5.97 Å². The number of likely N-dealkylation sites (N-methyl/N-ethyl adjacent to an activating group) is 1. The Morgan fingerprint density at radius 3 is 2.58 bits per heavy atom. The maximum absolute atomic E-state index is 14.1. The lowest BCUT2D eigenvalue weighted by Crippen LogP contribution is -2.35. The number of carbonyl (C=O) groups excluding carboxylic acids is 3. The minimum atomic E-state index is -0.972. The summed E-state index contributed by atoms with van der Waals surface area (Å²) in [5.41, 5.74) is 1.44. The number of ketones is 1. The first-order valence-electron chi connectivity index (χ1n) is 10.6. The third kappa shape index (κ3) is 4.54. The number of carbonyl (C=O) groups is 3. The predicted molar refractivity (Wildman–Crippen MR) is 120 cm³/mol. The molecule has 9 heteroatoms. The average molecular weight is 458 g/mol. The number of halogens is 1. The van der Waals surface area contributed by atoms with Gasteiger partial charge in [-0.15, -0.1) is 0 Å². The Labute approximate surface area is 191 Å². The highest BCUT2D eigenvalue weighted by molar-refractivity contribution is 6.46. The average Bonchev–Trinajstić information content (AvgIpc) is 3.19. The van der Waals surface area contributed by atoms with E-state index < -0.39 is 35.3 Å². The van der Waals surface area contributed by atoms with Crippen molar-refractivity contribution in [2.45, 2.75) is 26.8 Å². The van der Waals surface area contributed by atoms with Crippen molar-refractivity contribution in [2.75, 3.05) is 33.8 Å². The molecule has 176 valence electrons. The van der Waals surface area contributed by atoms with Gasteiger partial charge in [0.2, 0.25) is 0 Å². The van der Waals surface area contributed by atoms with E-state index >= 15 is 0 Å². The number of rotatable bonds is 7. The number of aliphatic hydroxyl groups excluding tert-OH is 1. The van der Waals surface area contributed by atoms with Crippen LogP contribution in [0.2, 0.25) is 0 Å². The molecule has 0 aliphatic carbocycles. The molecule has 1 aromatic heterocycles. The van der Waals surface area contributed by atoms with Gasteiger partial charge in [0, 0.05) is 24.3 Å². The van der Waals surface area contributed by atoms with Gasteiger partial charge in [-0.25, -0.2) is 9.18 Å². The molecule has 1 aliphatic rings. The molecular formula is C24H28FN3O5. The number of aliphatic hydroxyl groups is 1. The number of aromatic nitrogens is 1. The summed E-state index contributed by atoms with van der Waals surface area (Å²) < 4.78 is 19.1. The number of likely N-dealkylation sites (tertiary alicyclic amines) is 1. The van der Waals surface area contributed by atoms with Crippen LogP contribution in [0, 0.1) is 19.7 Å². The smallest absolute Gasteiger partial charge is 0.355 e. The maximum atomic E-state index is 14.1. The second kappa shape index (κ2) is 9.58. The lowest BCUT2D eigenvalue weighted by molar-refractivity contribution is -0.140. The normalized spacial score (nSPS) is 17.8. The number of H-pyrrole nitrogens is 1. The van der Waals surface area contributed by atoms with E-state index in [9.17, 15) is 23.9 Å². The fourth-order valence-corrected chi connectivity index (χ4v) is 4.09. The second-order valence-corrected chi connectivity index (χ2v) is 8.20.